The van der Waals surface area contributed by atoms with Gasteiger partial charge in [-0.2, -0.15) is 0 Å². The number of thiazole rings is 1. The highest BCUT2D eigenvalue weighted by Crippen LogP contribution is 2.30. The van der Waals surface area contributed by atoms with E-state index in [9.17, 15) is 4.79 Å². The zero-order valence-electron chi connectivity index (χ0n) is 7.61. The van der Waals surface area contributed by atoms with E-state index in [1.165, 1.54) is 11.3 Å². The van der Waals surface area contributed by atoms with Crippen molar-refractivity contribution in [3.63, 3.8) is 0 Å². The largest absolute Gasteiger partial charge is 0.496 e. The molecule has 0 unspecified atom stereocenters. The molecule has 0 fully saturated rings. The van der Waals surface area contributed by atoms with Crippen molar-refractivity contribution in [3.05, 3.63) is 40.1 Å². The molecule has 3 nitrogen and oxygen atoms in total. The first-order chi connectivity index (χ1) is 6.81. The van der Waals surface area contributed by atoms with Gasteiger partial charge in [-0.3, -0.25) is 4.79 Å². The standard InChI is InChI=1S/C10H9NO2S/c1-13-8-5-3-2-4-7(8)9-6-11-10(12)14-9/h2-6H,1H3,(H,11,12). The second-order valence-electron chi connectivity index (χ2n) is 2.74. The molecule has 2 rings (SSSR count). The molecule has 0 bridgehead atoms. The van der Waals surface area contributed by atoms with Gasteiger partial charge in [0.2, 0.25) is 0 Å². The summed E-state index contributed by atoms with van der Waals surface area (Å²) in [6.45, 7) is 0. The summed E-state index contributed by atoms with van der Waals surface area (Å²) in [6.07, 6.45) is 1.70. The molecule has 0 aliphatic heterocycles. The Balaban J connectivity index is 2.55. The molecule has 1 heterocycles. The third kappa shape index (κ3) is 1.56. The number of nitrogens with one attached hydrogen (secondary N) is 1. The van der Waals surface area contributed by atoms with Crippen molar-refractivity contribution in [1.29, 1.82) is 0 Å². The van der Waals surface area contributed by atoms with Crippen molar-refractivity contribution in [3.8, 4) is 16.2 Å². The number of aromatic nitrogens is 1. The number of hydrogen-bond acceptors (Lipinski definition) is 3. The van der Waals surface area contributed by atoms with Crippen LogP contribution in [0.1, 0.15) is 0 Å². The Morgan fingerprint density at radius 2 is 2.14 bits per heavy atom. The van der Waals surface area contributed by atoms with E-state index in [0.29, 0.717) is 0 Å². The molecular weight excluding hydrogens is 198 g/mol. The van der Waals surface area contributed by atoms with Gasteiger partial charge >= 0.3 is 4.87 Å². The zero-order chi connectivity index (χ0) is 9.97. The maximum Gasteiger partial charge on any atom is 0.305 e. The molecule has 0 radical (unpaired) electrons. The van der Waals surface area contributed by atoms with Crippen LogP contribution in [0.5, 0.6) is 5.75 Å². The van der Waals surface area contributed by atoms with Crippen LogP contribution in [0.25, 0.3) is 10.4 Å². The quantitative estimate of drug-likeness (QED) is 0.819. The summed E-state index contributed by atoms with van der Waals surface area (Å²) in [5.74, 6) is 0.780. The third-order valence-electron chi connectivity index (χ3n) is 1.90. The average molecular weight is 207 g/mol. The second-order valence-corrected chi connectivity index (χ2v) is 3.76. The Bertz CT molecular complexity index is 487. The average Bonchev–Trinajstić information content (AvgIpc) is 2.65. The molecule has 1 aromatic heterocycles. The number of methoxy groups -OCH3 is 1. The molecule has 14 heavy (non-hydrogen) atoms. The van der Waals surface area contributed by atoms with E-state index in [0.717, 1.165) is 16.2 Å². The van der Waals surface area contributed by atoms with E-state index in [1.54, 1.807) is 13.3 Å². The van der Waals surface area contributed by atoms with Crippen LogP contribution in [-0.4, -0.2) is 12.1 Å². The summed E-state index contributed by atoms with van der Waals surface area (Å²) in [4.78, 5) is 14.5. The minimum absolute atomic E-state index is 0.0501. The summed E-state index contributed by atoms with van der Waals surface area (Å²) >= 11 is 1.18. The first kappa shape index (κ1) is 9.02. The second kappa shape index (κ2) is 3.67. The van der Waals surface area contributed by atoms with Gasteiger partial charge in [0.1, 0.15) is 5.75 Å². The Morgan fingerprint density at radius 1 is 1.36 bits per heavy atom. The molecule has 0 amide bonds. The lowest BCUT2D eigenvalue weighted by atomic mass is 10.2. The zero-order valence-corrected chi connectivity index (χ0v) is 8.43. The van der Waals surface area contributed by atoms with Gasteiger partial charge in [0.15, 0.2) is 0 Å². The van der Waals surface area contributed by atoms with E-state index in [-0.39, 0.29) is 4.87 Å². The topological polar surface area (TPSA) is 42.1 Å². The third-order valence-corrected chi connectivity index (χ3v) is 2.76. The van der Waals surface area contributed by atoms with E-state index in [4.69, 9.17) is 4.74 Å². The van der Waals surface area contributed by atoms with Gasteiger partial charge < -0.3 is 9.72 Å². The Morgan fingerprint density at radius 3 is 2.79 bits per heavy atom. The van der Waals surface area contributed by atoms with Gasteiger partial charge in [-0.25, -0.2) is 0 Å². The van der Waals surface area contributed by atoms with Gasteiger partial charge in [0, 0.05) is 11.8 Å². The number of ether oxygens (including phenoxy) is 1. The first-order valence-corrected chi connectivity index (χ1v) is 4.95. The summed E-state index contributed by atoms with van der Waals surface area (Å²) < 4.78 is 5.20. The van der Waals surface area contributed by atoms with E-state index in [1.807, 2.05) is 24.3 Å². The molecule has 2 aromatic rings. The molecule has 0 aliphatic carbocycles. The lowest BCUT2D eigenvalue weighted by molar-refractivity contribution is 0.416. The van der Waals surface area contributed by atoms with Gasteiger partial charge in [0.05, 0.1) is 12.0 Å². The Labute approximate surface area is 85.0 Å². The van der Waals surface area contributed by atoms with Crippen LogP contribution in [-0.2, 0) is 0 Å². The highest BCUT2D eigenvalue weighted by atomic mass is 32.1. The number of rotatable bonds is 2. The maximum absolute atomic E-state index is 11.0. The molecule has 0 atom stereocenters. The van der Waals surface area contributed by atoms with Crippen LogP contribution in [0.15, 0.2) is 35.3 Å². The van der Waals surface area contributed by atoms with Crippen LogP contribution in [0.4, 0.5) is 0 Å². The predicted octanol–water partition coefficient (Wildman–Crippen LogP) is 2.11. The van der Waals surface area contributed by atoms with Crippen molar-refractivity contribution in [2.45, 2.75) is 0 Å². The van der Waals surface area contributed by atoms with Gasteiger partial charge in [-0.1, -0.05) is 23.5 Å². The number of para-hydroxylation sites is 1. The molecule has 0 aliphatic rings. The van der Waals surface area contributed by atoms with Crippen LogP contribution in [0.3, 0.4) is 0 Å². The molecule has 0 saturated heterocycles. The van der Waals surface area contributed by atoms with Gasteiger partial charge in [-0.05, 0) is 12.1 Å². The summed E-state index contributed by atoms with van der Waals surface area (Å²) in [5, 5.41) is 0. The van der Waals surface area contributed by atoms with Crippen molar-refractivity contribution >= 4 is 11.3 Å². The minimum Gasteiger partial charge on any atom is -0.496 e. The van der Waals surface area contributed by atoms with Crippen molar-refractivity contribution in [1.82, 2.24) is 4.98 Å². The first-order valence-electron chi connectivity index (χ1n) is 4.13. The lowest BCUT2D eigenvalue weighted by Crippen LogP contribution is -1.88. The lowest BCUT2D eigenvalue weighted by Gasteiger charge is -2.04. The number of hydrogen-bond donors (Lipinski definition) is 1. The summed E-state index contributed by atoms with van der Waals surface area (Å²) in [7, 11) is 1.62. The maximum atomic E-state index is 11.0. The fourth-order valence-corrected chi connectivity index (χ4v) is 1.98. The Kier molecular flexibility index (Phi) is 2.37. The molecule has 4 heteroatoms. The van der Waals surface area contributed by atoms with E-state index < -0.39 is 0 Å². The molecular formula is C10H9NO2S. The van der Waals surface area contributed by atoms with Crippen LogP contribution >= 0.6 is 11.3 Å². The highest BCUT2D eigenvalue weighted by molar-refractivity contribution is 7.12. The number of benzene rings is 1. The Hall–Kier alpha value is -1.55. The molecule has 0 saturated carbocycles. The minimum atomic E-state index is -0.0501. The van der Waals surface area contributed by atoms with Crippen molar-refractivity contribution in [2.24, 2.45) is 0 Å². The van der Waals surface area contributed by atoms with Crippen LogP contribution < -0.4 is 9.61 Å². The van der Waals surface area contributed by atoms with Gasteiger partial charge in [-0.15, -0.1) is 0 Å². The van der Waals surface area contributed by atoms with Crippen LogP contribution in [0, 0.1) is 0 Å². The fourth-order valence-electron chi connectivity index (χ4n) is 1.26. The molecule has 1 aromatic carbocycles. The van der Waals surface area contributed by atoms with Crippen molar-refractivity contribution < 1.29 is 4.74 Å². The molecule has 1 N–H and O–H groups in total. The van der Waals surface area contributed by atoms with Gasteiger partial charge in [0.25, 0.3) is 0 Å². The highest BCUT2D eigenvalue weighted by Gasteiger charge is 2.06. The fraction of sp³-hybridized carbons (Fsp3) is 0.100. The number of H-pyrrole nitrogens is 1. The van der Waals surface area contributed by atoms with Crippen LogP contribution in [0.2, 0.25) is 0 Å². The van der Waals surface area contributed by atoms with E-state index >= 15 is 0 Å². The monoisotopic (exact) mass is 207 g/mol. The normalized spacial score (nSPS) is 10.1. The summed E-state index contributed by atoms with van der Waals surface area (Å²) in [5.41, 5.74) is 0.943. The smallest absolute Gasteiger partial charge is 0.305 e. The molecule has 0 spiro atoms. The predicted molar refractivity (Wildman–Crippen MR) is 56.9 cm³/mol. The summed E-state index contributed by atoms with van der Waals surface area (Å²) in [6, 6.07) is 7.62. The number of aromatic amines is 1. The molecule has 72 valence electrons. The van der Waals surface area contributed by atoms with E-state index in [2.05, 4.69) is 4.98 Å². The van der Waals surface area contributed by atoms with Crippen molar-refractivity contribution in [2.75, 3.05) is 7.11 Å². The SMILES string of the molecule is COc1ccccc1-c1c[nH]c(=O)s1.